The summed E-state index contributed by atoms with van der Waals surface area (Å²) in [6.45, 7) is 2.65. The maximum absolute atomic E-state index is 15.1. The van der Waals surface area contributed by atoms with E-state index >= 15 is 4.39 Å². The van der Waals surface area contributed by atoms with Crippen LogP contribution in [0.4, 0.5) is 4.39 Å². The molecule has 0 aromatic heterocycles. The van der Waals surface area contributed by atoms with Crippen LogP contribution in [0.25, 0.3) is 0 Å². The predicted molar refractivity (Wildman–Crippen MR) is 143 cm³/mol. The Bertz CT molecular complexity index is 1420. The molecule has 2 unspecified atom stereocenters. The van der Waals surface area contributed by atoms with Crippen LogP contribution in [0.5, 0.6) is 23.0 Å². The SMILES string of the molecule is COC(=O)CC1COc2cc(OC3CCc4c(Oc5ccc(C(=O)N6CCOCC6)cc5)ccc(F)c43)ccc21. The Kier molecular flexibility index (Phi) is 7.30. The number of hydrogen-bond donors (Lipinski definition) is 0. The molecule has 0 radical (unpaired) electrons. The zero-order valence-electron chi connectivity index (χ0n) is 22.2. The van der Waals surface area contributed by atoms with Crippen molar-refractivity contribution in [2.45, 2.75) is 31.3 Å². The number of amides is 1. The first-order valence-electron chi connectivity index (χ1n) is 13.5. The molecule has 0 spiro atoms. The van der Waals surface area contributed by atoms with Gasteiger partial charge < -0.3 is 28.6 Å². The third-order valence-electron chi connectivity index (χ3n) is 7.65. The Morgan fingerprint density at radius 3 is 2.58 bits per heavy atom. The Morgan fingerprint density at radius 1 is 1.02 bits per heavy atom. The average Bonchev–Trinajstić information content (AvgIpc) is 3.59. The number of fused-ring (bicyclic) bond motifs is 2. The van der Waals surface area contributed by atoms with Crippen molar-refractivity contribution in [2.24, 2.45) is 0 Å². The van der Waals surface area contributed by atoms with Gasteiger partial charge in [0.25, 0.3) is 5.91 Å². The molecule has 1 fully saturated rings. The number of benzene rings is 3. The number of methoxy groups -OCH3 is 1. The van der Waals surface area contributed by atoms with Gasteiger partial charge in [-0.25, -0.2) is 4.39 Å². The summed E-state index contributed by atoms with van der Waals surface area (Å²) >= 11 is 0. The molecule has 6 rings (SSSR count). The van der Waals surface area contributed by atoms with Crippen molar-refractivity contribution in [3.63, 3.8) is 0 Å². The Hall–Kier alpha value is -4.11. The molecule has 1 aliphatic carbocycles. The highest BCUT2D eigenvalue weighted by atomic mass is 19.1. The minimum Gasteiger partial charge on any atom is -0.492 e. The van der Waals surface area contributed by atoms with Crippen LogP contribution in [0, 0.1) is 5.82 Å². The molecule has 8 nitrogen and oxygen atoms in total. The summed E-state index contributed by atoms with van der Waals surface area (Å²) in [5.74, 6) is 1.65. The van der Waals surface area contributed by atoms with E-state index < -0.39 is 6.10 Å². The standard InChI is InChI=1S/C31H30FNO7/c1-36-29(34)16-20-18-38-28-17-22(6-7-23(20)28)40-27-10-8-24-26(11-9-25(32)30(24)27)39-21-4-2-19(3-5-21)31(35)33-12-14-37-15-13-33/h2-7,9,11,17,20,27H,8,10,12-16,18H2,1H3. The number of rotatable bonds is 7. The number of esters is 1. The van der Waals surface area contributed by atoms with Crippen LogP contribution in [-0.2, 0) is 20.7 Å². The van der Waals surface area contributed by atoms with Gasteiger partial charge in [-0.05, 0) is 55.3 Å². The first-order chi connectivity index (χ1) is 19.5. The largest absolute Gasteiger partial charge is 0.492 e. The van der Waals surface area contributed by atoms with Crippen molar-refractivity contribution in [2.75, 3.05) is 40.0 Å². The van der Waals surface area contributed by atoms with Crippen molar-refractivity contribution >= 4 is 11.9 Å². The molecule has 2 heterocycles. The van der Waals surface area contributed by atoms with E-state index in [2.05, 4.69) is 0 Å². The van der Waals surface area contributed by atoms with Crippen LogP contribution in [-0.4, -0.2) is 56.8 Å². The summed E-state index contributed by atoms with van der Waals surface area (Å²) in [6, 6.07) is 15.5. The zero-order valence-corrected chi connectivity index (χ0v) is 22.2. The average molecular weight is 548 g/mol. The van der Waals surface area contributed by atoms with E-state index in [1.54, 1.807) is 41.3 Å². The van der Waals surface area contributed by atoms with E-state index in [0.717, 1.165) is 11.1 Å². The first kappa shape index (κ1) is 26.1. The summed E-state index contributed by atoms with van der Waals surface area (Å²) in [5, 5.41) is 0. The second-order valence-electron chi connectivity index (χ2n) is 10.1. The van der Waals surface area contributed by atoms with Gasteiger partial charge in [-0.1, -0.05) is 6.07 Å². The van der Waals surface area contributed by atoms with Gasteiger partial charge in [-0.15, -0.1) is 0 Å². The fourth-order valence-corrected chi connectivity index (χ4v) is 5.54. The van der Waals surface area contributed by atoms with Crippen LogP contribution in [0.1, 0.15) is 51.9 Å². The Labute approximate surface area is 231 Å². The predicted octanol–water partition coefficient (Wildman–Crippen LogP) is 5.20. The lowest BCUT2D eigenvalue weighted by Gasteiger charge is -2.26. The molecule has 208 valence electrons. The molecular weight excluding hydrogens is 517 g/mol. The molecule has 1 amide bonds. The van der Waals surface area contributed by atoms with Crippen LogP contribution < -0.4 is 14.2 Å². The summed E-state index contributed by atoms with van der Waals surface area (Å²) in [4.78, 5) is 26.2. The van der Waals surface area contributed by atoms with Crippen LogP contribution in [0.2, 0.25) is 0 Å². The van der Waals surface area contributed by atoms with Gasteiger partial charge in [0, 0.05) is 47.3 Å². The molecule has 40 heavy (non-hydrogen) atoms. The quantitative estimate of drug-likeness (QED) is 0.376. The highest BCUT2D eigenvalue weighted by Gasteiger charge is 2.32. The van der Waals surface area contributed by atoms with E-state index in [0.29, 0.717) is 79.9 Å². The highest BCUT2D eigenvalue weighted by Crippen LogP contribution is 2.44. The number of halogens is 1. The number of morpholine rings is 1. The van der Waals surface area contributed by atoms with Crippen molar-refractivity contribution < 1.29 is 37.7 Å². The van der Waals surface area contributed by atoms with E-state index in [9.17, 15) is 9.59 Å². The smallest absolute Gasteiger partial charge is 0.306 e. The van der Waals surface area contributed by atoms with Gasteiger partial charge in [0.15, 0.2) is 0 Å². The number of carbonyl (C=O) groups excluding carboxylic acids is 2. The fourth-order valence-electron chi connectivity index (χ4n) is 5.54. The molecule has 3 aliphatic rings. The normalized spacial score (nSPS) is 19.4. The number of nitrogens with zero attached hydrogens (tertiary/aromatic N) is 1. The molecule has 1 saturated heterocycles. The Morgan fingerprint density at radius 2 is 1.80 bits per heavy atom. The fraction of sp³-hybridized carbons (Fsp3) is 0.355. The molecular formula is C31H30FNO7. The van der Waals surface area contributed by atoms with Gasteiger partial charge in [-0.3, -0.25) is 9.59 Å². The van der Waals surface area contributed by atoms with E-state index in [1.807, 2.05) is 12.1 Å². The van der Waals surface area contributed by atoms with Gasteiger partial charge in [-0.2, -0.15) is 0 Å². The summed E-state index contributed by atoms with van der Waals surface area (Å²) in [6.07, 6.45) is 0.976. The molecule has 2 atom stereocenters. The Balaban J connectivity index is 1.15. The first-order valence-corrected chi connectivity index (χ1v) is 13.5. The van der Waals surface area contributed by atoms with E-state index in [-0.39, 0.29) is 30.0 Å². The van der Waals surface area contributed by atoms with Crippen LogP contribution >= 0.6 is 0 Å². The third-order valence-corrected chi connectivity index (χ3v) is 7.65. The van der Waals surface area contributed by atoms with E-state index in [4.69, 9.17) is 23.7 Å². The summed E-state index contributed by atoms with van der Waals surface area (Å²) in [7, 11) is 1.37. The topological polar surface area (TPSA) is 83.5 Å². The number of ether oxygens (including phenoxy) is 5. The van der Waals surface area contributed by atoms with Gasteiger partial charge in [0.1, 0.15) is 34.9 Å². The number of hydrogen-bond acceptors (Lipinski definition) is 7. The summed E-state index contributed by atoms with van der Waals surface area (Å²) in [5.41, 5.74) is 2.78. The maximum atomic E-state index is 15.1. The van der Waals surface area contributed by atoms with Crippen molar-refractivity contribution in [1.82, 2.24) is 4.90 Å². The lowest BCUT2D eigenvalue weighted by molar-refractivity contribution is -0.141. The van der Waals surface area contributed by atoms with Gasteiger partial charge in [0.2, 0.25) is 0 Å². The maximum Gasteiger partial charge on any atom is 0.306 e. The van der Waals surface area contributed by atoms with Crippen molar-refractivity contribution in [3.05, 3.63) is 82.7 Å². The minimum atomic E-state index is -0.475. The molecule has 0 bridgehead atoms. The molecule has 0 saturated carbocycles. The van der Waals surface area contributed by atoms with Crippen molar-refractivity contribution in [1.29, 1.82) is 0 Å². The van der Waals surface area contributed by atoms with Crippen LogP contribution in [0.3, 0.4) is 0 Å². The molecule has 3 aromatic carbocycles. The van der Waals surface area contributed by atoms with E-state index in [1.165, 1.54) is 13.2 Å². The minimum absolute atomic E-state index is 0.0338. The third kappa shape index (κ3) is 5.21. The zero-order chi connectivity index (χ0) is 27.6. The molecule has 9 heteroatoms. The lowest BCUT2D eigenvalue weighted by atomic mass is 9.98. The molecule has 0 N–H and O–H groups in total. The van der Waals surface area contributed by atoms with Crippen molar-refractivity contribution in [3.8, 4) is 23.0 Å². The van der Waals surface area contributed by atoms with Gasteiger partial charge in [0.05, 0.1) is 33.4 Å². The molecule has 3 aromatic rings. The second-order valence-corrected chi connectivity index (χ2v) is 10.1. The lowest BCUT2D eigenvalue weighted by Crippen LogP contribution is -2.40. The number of carbonyl (C=O) groups is 2. The summed E-state index contributed by atoms with van der Waals surface area (Å²) < 4.78 is 43.3. The van der Waals surface area contributed by atoms with Gasteiger partial charge >= 0.3 is 5.97 Å². The highest BCUT2D eigenvalue weighted by molar-refractivity contribution is 5.94. The van der Waals surface area contributed by atoms with Crippen LogP contribution in [0.15, 0.2) is 54.6 Å². The monoisotopic (exact) mass is 547 g/mol. The molecule has 2 aliphatic heterocycles. The second kappa shape index (κ2) is 11.2.